The van der Waals surface area contributed by atoms with Crippen LogP contribution in [0.2, 0.25) is 0 Å². The molecule has 0 aliphatic carbocycles. The first-order valence-corrected chi connectivity index (χ1v) is 7.47. The van der Waals surface area contributed by atoms with Crippen molar-refractivity contribution in [2.75, 3.05) is 0 Å². The van der Waals surface area contributed by atoms with Crippen molar-refractivity contribution in [3.05, 3.63) is 47.5 Å². The van der Waals surface area contributed by atoms with E-state index in [1.54, 1.807) is 0 Å². The molecule has 0 bridgehead atoms. The fraction of sp³-hybridized carbons (Fsp3) is 0.474. The number of hydrogen-bond acceptors (Lipinski definition) is 1. The smallest absolute Gasteiger partial charge is 0.0798 e. The van der Waals surface area contributed by atoms with Gasteiger partial charge in [0.25, 0.3) is 0 Å². The number of hydrogen-bond donors (Lipinski definition) is 1. The van der Waals surface area contributed by atoms with Crippen molar-refractivity contribution in [2.45, 2.75) is 47.1 Å². The molecule has 0 spiro atoms. The molecule has 20 heavy (non-hydrogen) atoms. The molecule has 2 unspecified atom stereocenters. The Bertz CT molecular complexity index is 592. The van der Waals surface area contributed by atoms with Crippen molar-refractivity contribution < 1.29 is 5.11 Å². The summed E-state index contributed by atoms with van der Waals surface area (Å²) in [5, 5.41) is 13.1. The molecule has 0 amide bonds. The first-order chi connectivity index (χ1) is 9.30. The van der Waals surface area contributed by atoms with Gasteiger partial charge in [-0.05, 0) is 46.6 Å². The number of aliphatic hydroxyl groups is 1. The average Bonchev–Trinajstić information content (AvgIpc) is 2.38. The van der Waals surface area contributed by atoms with E-state index in [4.69, 9.17) is 0 Å². The third-order valence-corrected chi connectivity index (χ3v) is 4.59. The Morgan fingerprint density at radius 1 is 1.00 bits per heavy atom. The summed E-state index contributed by atoms with van der Waals surface area (Å²) in [5.74, 6) is 0.470. The summed E-state index contributed by atoms with van der Waals surface area (Å²) in [6.07, 6.45) is 0.408. The van der Waals surface area contributed by atoms with Crippen molar-refractivity contribution in [3.8, 4) is 0 Å². The zero-order valence-electron chi connectivity index (χ0n) is 13.3. The van der Waals surface area contributed by atoms with E-state index in [9.17, 15) is 5.11 Å². The van der Waals surface area contributed by atoms with Crippen LogP contribution in [0.15, 0.2) is 36.4 Å². The van der Waals surface area contributed by atoms with E-state index in [-0.39, 0.29) is 5.41 Å². The van der Waals surface area contributed by atoms with Gasteiger partial charge in [-0.3, -0.25) is 0 Å². The molecule has 1 nitrogen and oxygen atoms in total. The molecule has 0 aliphatic rings. The van der Waals surface area contributed by atoms with Crippen molar-refractivity contribution in [1.29, 1.82) is 0 Å². The van der Waals surface area contributed by atoms with E-state index in [1.165, 1.54) is 16.3 Å². The summed E-state index contributed by atoms with van der Waals surface area (Å²) in [5.41, 5.74) is 2.55. The molecule has 1 N–H and O–H groups in total. The van der Waals surface area contributed by atoms with Crippen LogP contribution in [-0.4, -0.2) is 5.11 Å². The minimum absolute atomic E-state index is 0.224. The number of benzene rings is 2. The van der Waals surface area contributed by atoms with Crippen molar-refractivity contribution in [1.82, 2.24) is 0 Å². The fourth-order valence-electron chi connectivity index (χ4n) is 2.58. The van der Waals surface area contributed by atoms with Crippen molar-refractivity contribution in [2.24, 2.45) is 11.3 Å². The third-order valence-electron chi connectivity index (χ3n) is 4.59. The molecule has 0 radical (unpaired) electrons. The maximum absolute atomic E-state index is 10.6. The molecule has 2 aromatic rings. The van der Waals surface area contributed by atoms with Crippen molar-refractivity contribution >= 4 is 10.8 Å². The quantitative estimate of drug-likeness (QED) is 0.807. The summed E-state index contributed by atoms with van der Waals surface area (Å²) in [4.78, 5) is 0. The molecular weight excluding hydrogens is 244 g/mol. The van der Waals surface area contributed by atoms with E-state index in [1.807, 2.05) is 6.07 Å². The van der Waals surface area contributed by atoms with Gasteiger partial charge in [0, 0.05) is 0 Å². The number of rotatable bonds is 3. The zero-order valence-corrected chi connectivity index (χ0v) is 13.3. The summed E-state index contributed by atoms with van der Waals surface area (Å²) >= 11 is 0. The van der Waals surface area contributed by atoms with E-state index in [0.717, 1.165) is 12.0 Å². The van der Waals surface area contributed by atoms with E-state index in [0.29, 0.717) is 5.92 Å². The molecule has 2 aromatic carbocycles. The molecule has 1 heteroatoms. The lowest BCUT2D eigenvalue weighted by atomic mass is 9.78. The van der Waals surface area contributed by atoms with Crippen LogP contribution in [0.1, 0.15) is 51.3 Å². The second-order valence-corrected chi connectivity index (χ2v) is 7.04. The van der Waals surface area contributed by atoms with Gasteiger partial charge in [0.05, 0.1) is 6.10 Å². The molecular formula is C19H26O. The Balaban J connectivity index is 2.36. The van der Waals surface area contributed by atoms with Crippen LogP contribution in [0.3, 0.4) is 0 Å². The van der Waals surface area contributed by atoms with E-state index in [2.05, 4.69) is 65.0 Å². The predicted molar refractivity (Wildman–Crippen MR) is 86.9 cm³/mol. The van der Waals surface area contributed by atoms with Gasteiger partial charge in [-0.2, -0.15) is 0 Å². The van der Waals surface area contributed by atoms with Gasteiger partial charge in [-0.15, -0.1) is 0 Å². The van der Waals surface area contributed by atoms with Crippen LogP contribution >= 0.6 is 0 Å². The SMILES string of the molecule is Cc1ccc(C(O)CC(C)C(C)(C)C)c2ccccc12. The highest BCUT2D eigenvalue weighted by molar-refractivity contribution is 5.88. The normalized spacial score (nSPS) is 15.3. The molecule has 2 rings (SSSR count). The predicted octanol–water partition coefficient (Wildman–Crippen LogP) is 5.25. The van der Waals surface area contributed by atoms with Crippen molar-refractivity contribution in [3.63, 3.8) is 0 Å². The van der Waals surface area contributed by atoms with Crippen LogP contribution in [-0.2, 0) is 0 Å². The number of fused-ring (bicyclic) bond motifs is 1. The summed E-state index contributed by atoms with van der Waals surface area (Å²) in [6.45, 7) is 11.0. The Hall–Kier alpha value is -1.34. The molecule has 2 atom stereocenters. The van der Waals surface area contributed by atoms with E-state index >= 15 is 0 Å². The molecule has 0 fully saturated rings. The maximum Gasteiger partial charge on any atom is 0.0798 e. The lowest BCUT2D eigenvalue weighted by Crippen LogP contribution is -2.19. The average molecular weight is 270 g/mol. The largest absolute Gasteiger partial charge is 0.388 e. The van der Waals surface area contributed by atoms with Crippen LogP contribution in [0, 0.1) is 18.3 Å². The lowest BCUT2D eigenvalue weighted by molar-refractivity contribution is 0.112. The Kier molecular flexibility index (Phi) is 4.19. The van der Waals surface area contributed by atoms with Gasteiger partial charge in [0.2, 0.25) is 0 Å². The van der Waals surface area contributed by atoms with Crippen LogP contribution in [0.4, 0.5) is 0 Å². The standard InChI is InChI=1S/C19H26O/c1-13-10-11-17(16-9-7-6-8-15(13)16)18(20)12-14(2)19(3,4)5/h6-11,14,18,20H,12H2,1-5H3. The van der Waals surface area contributed by atoms with Crippen LogP contribution in [0.25, 0.3) is 10.8 Å². The third kappa shape index (κ3) is 3.04. The lowest BCUT2D eigenvalue weighted by Gasteiger charge is -2.29. The van der Waals surface area contributed by atoms with E-state index < -0.39 is 6.10 Å². The summed E-state index contributed by atoms with van der Waals surface area (Å²) < 4.78 is 0. The first kappa shape index (κ1) is 15.1. The highest BCUT2D eigenvalue weighted by atomic mass is 16.3. The number of aryl methyl sites for hydroxylation is 1. The highest BCUT2D eigenvalue weighted by Gasteiger charge is 2.24. The van der Waals surface area contributed by atoms with Gasteiger partial charge in [0.1, 0.15) is 0 Å². The highest BCUT2D eigenvalue weighted by Crippen LogP contribution is 2.35. The van der Waals surface area contributed by atoms with Crippen LogP contribution in [0.5, 0.6) is 0 Å². The van der Waals surface area contributed by atoms with Crippen LogP contribution < -0.4 is 0 Å². The zero-order chi connectivity index (χ0) is 14.9. The second kappa shape index (κ2) is 5.57. The maximum atomic E-state index is 10.6. The molecule has 108 valence electrons. The minimum Gasteiger partial charge on any atom is -0.388 e. The molecule has 0 aromatic heterocycles. The van der Waals surface area contributed by atoms with Gasteiger partial charge in [0.15, 0.2) is 0 Å². The topological polar surface area (TPSA) is 20.2 Å². The monoisotopic (exact) mass is 270 g/mol. The molecule has 0 aliphatic heterocycles. The number of aliphatic hydroxyl groups excluding tert-OH is 1. The minimum atomic E-state index is -0.394. The summed E-state index contributed by atoms with van der Waals surface area (Å²) in [6, 6.07) is 12.5. The molecule has 0 saturated heterocycles. The van der Waals surface area contributed by atoms with Gasteiger partial charge in [-0.1, -0.05) is 64.1 Å². The Morgan fingerprint density at radius 2 is 1.60 bits per heavy atom. The molecule has 0 saturated carbocycles. The van der Waals surface area contributed by atoms with Gasteiger partial charge >= 0.3 is 0 Å². The first-order valence-electron chi connectivity index (χ1n) is 7.47. The fourth-order valence-corrected chi connectivity index (χ4v) is 2.58. The Morgan fingerprint density at radius 3 is 2.20 bits per heavy atom. The summed E-state index contributed by atoms with van der Waals surface area (Å²) in [7, 11) is 0. The second-order valence-electron chi connectivity index (χ2n) is 7.04. The Labute approximate surface area is 122 Å². The molecule has 0 heterocycles. The van der Waals surface area contributed by atoms with Gasteiger partial charge in [-0.25, -0.2) is 0 Å². The van der Waals surface area contributed by atoms with Gasteiger partial charge < -0.3 is 5.11 Å².